The molecular weight excluding hydrogens is 358 g/mol. The number of likely N-dealkylation sites (tertiary alicyclic amines) is 1. The highest BCUT2D eigenvalue weighted by molar-refractivity contribution is 5.88. The van der Waals surface area contributed by atoms with Gasteiger partial charge in [-0.3, -0.25) is 9.69 Å². The van der Waals surface area contributed by atoms with E-state index < -0.39 is 11.6 Å². The molecule has 158 valence electrons. The maximum Gasteiger partial charge on any atom is 0.318 e. The maximum absolute atomic E-state index is 13.1. The van der Waals surface area contributed by atoms with E-state index in [4.69, 9.17) is 4.74 Å². The van der Waals surface area contributed by atoms with Gasteiger partial charge in [0.15, 0.2) is 0 Å². The highest BCUT2D eigenvalue weighted by atomic mass is 16.5. The van der Waals surface area contributed by atoms with Crippen molar-refractivity contribution in [2.24, 2.45) is 5.41 Å². The van der Waals surface area contributed by atoms with E-state index in [1.54, 1.807) is 4.90 Å². The Bertz CT molecular complexity index is 592. The average Bonchev–Trinajstić information content (AvgIpc) is 3.04. The lowest BCUT2D eigenvalue weighted by atomic mass is 9.87. The zero-order valence-electron chi connectivity index (χ0n) is 17.7. The van der Waals surface area contributed by atoms with Crippen molar-refractivity contribution in [1.82, 2.24) is 20.4 Å². The zero-order valence-corrected chi connectivity index (χ0v) is 17.7. The molecule has 2 fully saturated rings. The monoisotopic (exact) mass is 393 g/mol. The lowest BCUT2D eigenvalue weighted by Gasteiger charge is -2.33. The van der Waals surface area contributed by atoms with Crippen LogP contribution in [0.15, 0.2) is 0 Å². The highest BCUT2D eigenvalue weighted by Gasteiger charge is 2.41. The van der Waals surface area contributed by atoms with Crippen LogP contribution in [-0.4, -0.2) is 79.3 Å². The first-order valence-corrected chi connectivity index (χ1v) is 10.3. The number of hydrogen-bond donors (Lipinski definition) is 2. The van der Waals surface area contributed by atoms with E-state index in [0.717, 1.165) is 19.5 Å². The second-order valence-electron chi connectivity index (χ2n) is 9.08. The van der Waals surface area contributed by atoms with E-state index in [1.165, 1.54) is 0 Å². The molecule has 2 rings (SSSR count). The van der Waals surface area contributed by atoms with Gasteiger partial charge in [-0.25, -0.2) is 4.79 Å². The van der Waals surface area contributed by atoms with E-state index in [0.29, 0.717) is 45.7 Å². The number of ether oxygens (including phenoxy) is 1. The Morgan fingerprint density at radius 3 is 2.50 bits per heavy atom. The Hall–Kier alpha value is -1.85. The van der Waals surface area contributed by atoms with Gasteiger partial charge in [-0.15, -0.1) is 0 Å². The van der Waals surface area contributed by atoms with Gasteiger partial charge in [-0.1, -0.05) is 27.7 Å². The molecule has 2 saturated heterocycles. The Morgan fingerprint density at radius 2 is 1.93 bits per heavy atom. The first-order valence-electron chi connectivity index (χ1n) is 10.3. The van der Waals surface area contributed by atoms with Crippen LogP contribution in [0.5, 0.6) is 0 Å². The minimum absolute atomic E-state index is 0.149. The van der Waals surface area contributed by atoms with Crippen LogP contribution in [0.4, 0.5) is 4.79 Å². The second-order valence-corrected chi connectivity index (χ2v) is 9.08. The maximum atomic E-state index is 13.1. The van der Waals surface area contributed by atoms with Crippen molar-refractivity contribution in [2.75, 3.05) is 45.9 Å². The third-order valence-electron chi connectivity index (χ3n) is 5.19. The summed E-state index contributed by atoms with van der Waals surface area (Å²) in [5, 5.41) is 15.6. The zero-order chi connectivity index (χ0) is 20.8. The molecule has 0 saturated carbocycles. The minimum atomic E-state index is -0.883. The van der Waals surface area contributed by atoms with Crippen LogP contribution in [-0.2, 0) is 9.53 Å². The van der Waals surface area contributed by atoms with Gasteiger partial charge in [0.05, 0.1) is 19.3 Å². The van der Waals surface area contributed by atoms with Gasteiger partial charge in [-0.2, -0.15) is 5.26 Å². The summed E-state index contributed by atoms with van der Waals surface area (Å²) in [4.78, 5) is 29.6. The van der Waals surface area contributed by atoms with Crippen molar-refractivity contribution in [3.63, 3.8) is 0 Å². The third-order valence-corrected chi connectivity index (χ3v) is 5.19. The fourth-order valence-electron chi connectivity index (χ4n) is 3.77. The van der Waals surface area contributed by atoms with Gasteiger partial charge >= 0.3 is 6.03 Å². The average molecular weight is 394 g/mol. The molecule has 0 aromatic heterocycles. The Labute approximate surface area is 168 Å². The van der Waals surface area contributed by atoms with Crippen molar-refractivity contribution < 1.29 is 14.3 Å². The molecule has 2 unspecified atom stereocenters. The number of nitrogens with one attached hydrogen (secondary N) is 2. The Balaban J connectivity index is 2.06. The van der Waals surface area contributed by atoms with E-state index >= 15 is 0 Å². The summed E-state index contributed by atoms with van der Waals surface area (Å²) in [7, 11) is 0. The van der Waals surface area contributed by atoms with Crippen molar-refractivity contribution in [3.8, 4) is 6.07 Å². The Morgan fingerprint density at radius 1 is 1.25 bits per heavy atom. The largest absolute Gasteiger partial charge is 0.378 e. The number of urea groups is 1. The highest BCUT2D eigenvalue weighted by Crippen LogP contribution is 2.24. The second kappa shape index (κ2) is 9.57. The fourth-order valence-corrected chi connectivity index (χ4v) is 3.77. The number of rotatable bonds is 6. The van der Waals surface area contributed by atoms with E-state index in [1.807, 2.05) is 20.8 Å². The first-order chi connectivity index (χ1) is 13.2. The number of nitriles is 1. The number of hydrogen-bond acceptors (Lipinski definition) is 5. The smallest absolute Gasteiger partial charge is 0.318 e. The summed E-state index contributed by atoms with van der Waals surface area (Å²) >= 11 is 0. The summed E-state index contributed by atoms with van der Waals surface area (Å²) < 4.78 is 5.29. The molecular formula is C20H35N5O3. The molecule has 2 aliphatic heterocycles. The van der Waals surface area contributed by atoms with Crippen LogP contribution in [0.2, 0.25) is 0 Å². The van der Waals surface area contributed by atoms with Gasteiger partial charge in [0.1, 0.15) is 11.6 Å². The van der Waals surface area contributed by atoms with Gasteiger partial charge < -0.3 is 20.3 Å². The molecule has 2 heterocycles. The van der Waals surface area contributed by atoms with Crippen LogP contribution in [0.25, 0.3) is 0 Å². The first kappa shape index (κ1) is 22.4. The SMILES string of the molecule is CCCN1CCC(C#N)(NC(=O)C(CC(C)(C)C)NC(=O)N2CCOCC2)C1. The topological polar surface area (TPSA) is 97.7 Å². The van der Waals surface area contributed by atoms with Crippen molar-refractivity contribution in [3.05, 3.63) is 0 Å². The van der Waals surface area contributed by atoms with Gasteiger partial charge in [-0.05, 0) is 31.2 Å². The number of nitrogens with zero attached hydrogens (tertiary/aromatic N) is 3. The van der Waals surface area contributed by atoms with Crippen molar-refractivity contribution in [1.29, 1.82) is 5.26 Å². The minimum Gasteiger partial charge on any atom is -0.378 e. The normalized spacial score (nSPS) is 24.5. The van der Waals surface area contributed by atoms with E-state index in [-0.39, 0.29) is 17.4 Å². The summed E-state index contributed by atoms with van der Waals surface area (Å²) in [5.74, 6) is -0.281. The van der Waals surface area contributed by atoms with Crippen LogP contribution in [0, 0.1) is 16.7 Å². The molecule has 0 radical (unpaired) electrons. The number of morpholine rings is 1. The van der Waals surface area contributed by atoms with Crippen LogP contribution in [0.3, 0.4) is 0 Å². The molecule has 0 bridgehead atoms. The van der Waals surface area contributed by atoms with Crippen molar-refractivity contribution >= 4 is 11.9 Å². The lowest BCUT2D eigenvalue weighted by molar-refractivity contribution is -0.125. The molecule has 8 heteroatoms. The van der Waals surface area contributed by atoms with Gasteiger partial charge in [0.25, 0.3) is 0 Å². The van der Waals surface area contributed by atoms with Gasteiger partial charge in [0, 0.05) is 26.2 Å². The number of carbonyl (C=O) groups excluding carboxylic acids is 2. The molecule has 2 atom stereocenters. The molecule has 0 spiro atoms. The van der Waals surface area contributed by atoms with Crippen LogP contribution >= 0.6 is 0 Å². The molecule has 28 heavy (non-hydrogen) atoms. The molecule has 0 aliphatic carbocycles. The number of amides is 3. The van der Waals surface area contributed by atoms with Crippen LogP contribution < -0.4 is 10.6 Å². The lowest BCUT2D eigenvalue weighted by Crippen LogP contribution is -2.59. The van der Waals surface area contributed by atoms with E-state index in [9.17, 15) is 14.9 Å². The molecule has 0 aromatic carbocycles. The standard InChI is InChI=1S/C20H35N5O3/c1-5-7-24-8-6-20(14-21,15-24)23-17(26)16(13-19(2,3)4)22-18(27)25-9-11-28-12-10-25/h16H,5-13,15H2,1-4H3,(H,22,27)(H,23,26). The molecule has 2 N–H and O–H groups in total. The predicted molar refractivity (Wildman–Crippen MR) is 107 cm³/mol. The summed E-state index contributed by atoms with van der Waals surface area (Å²) in [6.45, 7) is 12.5. The predicted octanol–water partition coefficient (Wildman–Crippen LogP) is 1.33. The summed E-state index contributed by atoms with van der Waals surface area (Å²) in [6.07, 6.45) is 2.11. The molecule has 0 aromatic rings. The number of carbonyl (C=O) groups is 2. The fraction of sp³-hybridized carbons (Fsp3) is 0.850. The summed E-state index contributed by atoms with van der Waals surface area (Å²) in [5.41, 5.74) is -1.03. The molecule has 8 nitrogen and oxygen atoms in total. The molecule has 2 aliphatic rings. The van der Waals surface area contributed by atoms with E-state index in [2.05, 4.69) is 28.5 Å². The Kier molecular flexibility index (Phi) is 7.67. The van der Waals surface area contributed by atoms with Gasteiger partial charge in [0.2, 0.25) is 5.91 Å². The summed E-state index contributed by atoms with van der Waals surface area (Å²) in [6, 6.07) is 1.39. The van der Waals surface area contributed by atoms with Crippen molar-refractivity contribution in [2.45, 2.75) is 58.5 Å². The van der Waals surface area contributed by atoms with Crippen LogP contribution in [0.1, 0.15) is 47.0 Å². The quantitative estimate of drug-likeness (QED) is 0.709. The molecule has 3 amide bonds. The third kappa shape index (κ3) is 6.35.